The molecule has 0 aliphatic rings. The quantitative estimate of drug-likeness (QED) is 0.628. The van der Waals surface area contributed by atoms with Crippen LogP contribution in [0.4, 0.5) is 0 Å². The van der Waals surface area contributed by atoms with Gasteiger partial charge in [0.2, 0.25) is 0 Å². The first kappa shape index (κ1) is 13.9. The van der Waals surface area contributed by atoms with Crippen LogP contribution >= 0.6 is 0 Å². The number of aromatic hydroxyl groups is 2. The fraction of sp³-hybridized carbons (Fsp3) is 0.111. The average molecular weight is 266 g/mol. The Morgan fingerprint density at radius 1 is 0.900 bits per heavy atom. The van der Waals surface area contributed by atoms with Crippen LogP contribution in [0.25, 0.3) is 11.1 Å². The van der Waals surface area contributed by atoms with Gasteiger partial charge in [-0.15, -0.1) is 13.2 Å². The maximum atomic E-state index is 10.2. The highest BCUT2D eigenvalue weighted by atomic mass is 16.3. The normalized spacial score (nSPS) is 10.2. The van der Waals surface area contributed by atoms with Crippen molar-refractivity contribution in [2.24, 2.45) is 0 Å². The molecule has 0 unspecified atom stereocenters. The van der Waals surface area contributed by atoms with Gasteiger partial charge in [0.05, 0.1) is 0 Å². The van der Waals surface area contributed by atoms with E-state index < -0.39 is 0 Å². The van der Waals surface area contributed by atoms with Gasteiger partial charge in [-0.05, 0) is 30.0 Å². The summed E-state index contributed by atoms with van der Waals surface area (Å²) in [5, 5.41) is 20.5. The fourth-order valence-electron chi connectivity index (χ4n) is 2.30. The Morgan fingerprint density at radius 2 is 1.55 bits per heavy atom. The van der Waals surface area contributed by atoms with Crippen molar-refractivity contribution in [3.05, 3.63) is 72.8 Å². The van der Waals surface area contributed by atoms with Crippen molar-refractivity contribution >= 4 is 0 Å². The van der Waals surface area contributed by atoms with Crippen molar-refractivity contribution in [1.29, 1.82) is 0 Å². The molecule has 0 radical (unpaired) electrons. The summed E-state index contributed by atoms with van der Waals surface area (Å²) in [7, 11) is 0. The van der Waals surface area contributed by atoms with Gasteiger partial charge < -0.3 is 10.2 Å². The summed E-state index contributed by atoms with van der Waals surface area (Å²) < 4.78 is 0. The number of hydrogen-bond donors (Lipinski definition) is 2. The van der Waals surface area contributed by atoms with Crippen molar-refractivity contribution in [2.75, 3.05) is 0 Å². The highest BCUT2D eigenvalue weighted by molar-refractivity contribution is 5.76. The fourth-order valence-corrected chi connectivity index (χ4v) is 2.30. The van der Waals surface area contributed by atoms with Gasteiger partial charge in [-0.3, -0.25) is 0 Å². The molecule has 0 aromatic heterocycles. The van der Waals surface area contributed by atoms with Crippen LogP contribution in [-0.2, 0) is 12.8 Å². The Hall–Kier alpha value is -2.48. The van der Waals surface area contributed by atoms with Crippen molar-refractivity contribution < 1.29 is 10.2 Å². The lowest BCUT2D eigenvalue weighted by Crippen LogP contribution is -1.95. The van der Waals surface area contributed by atoms with Crippen LogP contribution in [0.1, 0.15) is 11.1 Å². The third-order valence-corrected chi connectivity index (χ3v) is 3.27. The van der Waals surface area contributed by atoms with Gasteiger partial charge in [0.15, 0.2) is 11.5 Å². The minimum Gasteiger partial charge on any atom is -0.504 e. The molecular formula is C18H18O2. The Morgan fingerprint density at radius 3 is 2.15 bits per heavy atom. The van der Waals surface area contributed by atoms with Crippen LogP contribution < -0.4 is 0 Å². The van der Waals surface area contributed by atoms with Crippen molar-refractivity contribution in [1.82, 2.24) is 0 Å². The summed E-state index contributed by atoms with van der Waals surface area (Å²) >= 11 is 0. The molecule has 2 rings (SSSR count). The predicted octanol–water partition coefficient (Wildman–Crippen LogP) is 4.22. The SMILES string of the molecule is C=CCc1cc(-c2ccccc2)c(O)c(O)c1CC=C. The summed E-state index contributed by atoms with van der Waals surface area (Å²) in [6.07, 6.45) is 4.64. The van der Waals surface area contributed by atoms with Gasteiger partial charge in [-0.2, -0.15) is 0 Å². The van der Waals surface area contributed by atoms with E-state index in [-0.39, 0.29) is 11.5 Å². The van der Waals surface area contributed by atoms with E-state index in [2.05, 4.69) is 13.2 Å². The van der Waals surface area contributed by atoms with Crippen molar-refractivity contribution in [3.63, 3.8) is 0 Å². The van der Waals surface area contributed by atoms with Gasteiger partial charge in [0, 0.05) is 11.1 Å². The molecule has 0 amide bonds. The van der Waals surface area contributed by atoms with E-state index in [1.54, 1.807) is 12.2 Å². The maximum absolute atomic E-state index is 10.2. The van der Waals surface area contributed by atoms with Crippen LogP contribution in [0.15, 0.2) is 61.7 Å². The van der Waals surface area contributed by atoms with Gasteiger partial charge in [0.1, 0.15) is 0 Å². The van der Waals surface area contributed by atoms with Crippen molar-refractivity contribution in [3.8, 4) is 22.6 Å². The van der Waals surface area contributed by atoms with Gasteiger partial charge in [-0.1, -0.05) is 42.5 Å². The first-order chi connectivity index (χ1) is 9.69. The van der Waals surface area contributed by atoms with Crippen molar-refractivity contribution in [2.45, 2.75) is 12.8 Å². The number of phenols is 2. The second kappa shape index (κ2) is 6.11. The van der Waals surface area contributed by atoms with Crippen LogP contribution in [0.2, 0.25) is 0 Å². The van der Waals surface area contributed by atoms with E-state index in [1.165, 1.54) is 0 Å². The largest absolute Gasteiger partial charge is 0.504 e. The number of rotatable bonds is 5. The molecule has 20 heavy (non-hydrogen) atoms. The minimum atomic E-state index is -0.0825. The zero-order valence-corrected chi connectivity index (χ0v) is 11.3. The molecule has 0 aliphatic carbocycles. The Labute approximate surface area is 119 Å². The topological polar surface area (TPSA) is 40.5 Å². The number of hydrogen-bond acceptors (Lipinski definition) is 2. The molecule has 2 aromatic carbocycles. The highest BCUT2D eigenvalue weighted by Gasteiger charge is 2.16. The van der Waals surface area contributed by atoms with E-state index in [9.17, 15) is 10.2 Å². The Balaban J connectivity index is 2.65. The first-order valence-electron chi connectivity index (χ1n) is 6.53. The Kier molecular flexibility index (Phi) is 4.26. The lowest BCUT2D eigenvalue weighted by molar-refractivity contribution is 0.401. The molecule has 2 N–H and O–H groups in total. The molecule has 0 fully saturated rings. The third kappa shape index (κ3) is 2.59. The molecule has 0 saturated carbocycles. The van der Waals surface area contributed by atoms with Gasteiger partial charge in [0.25, 0.3) is 0 Å². The van der Waals surface area contributed by atoms with Gasteiger partial charge >= 0.3 is 0 Å². The predicted molar refractivity (Wildman–Crippen MR) is 83.0 cm³/mol. The van der Waals surface area contributed by atoms with E-state index in [0.717, 1.165) is 11.1 Å². The molecule has 0 spiro atoms. The van der Waals surface area contributed by atoms with Crippen LogP contribution in [-0.4, -0.2) is 10.2 Å². The summed E-state index contributed by atoms with van der Waals surface area (Å²) in [6.45, 7) is 7.43. The minimum absolute atomic E-state index is 0.0666. The first-order valence-corrected chi connectivity index (χ1v) is 6.53. The Bertz CT molecular complexity index is 628. The second-order valence-electron chi connectivity index (χ2n) is 4.61. The van der Waals surface area contributed by atoms with Gasteiger partial charge in [-0.25, -0.2) is 0 Å². The lowest BCUT2D eigenvalue weighted by Gasteiger charge is -2.14. The zero-order chi connectivity index (χ0) is 14.5. The molecular weight excluding hydrogens is 248 g/mol. The molecule has 2 nitrogen and oxygen atoms in total. The summed E-state index contributed by atoms with van der Waals surface area (Å²) in [4.78, 5) is 0. The molecule has 0 aliphatic heterocycles. The van der Waals surface area contributed by atoms with E-state index in [0.29, 0.717) is 24.0 Å². The molecule has 2 aromatic rings. The van der Waals surface area contributed by atoms with E-state index in [1.807, 2.05) is 36.4 Å². The second-order valence-corrected chi connectivity index (χ2v) is 4.61. The zero-order valence-electron chi connectivity index (χ0n) is 11.3. The van der Waals surface area contributed by atoms with Crippen LogP contribution in [0.3, 0.4) is 0 Å². The molecule has 0 bridgehead atoms. The number of phenolic OH excluding ortho intramolecular Hbond substituents is 2. The maximum Gasteiger partial charge on any atom is 0.165 e. The van der Waals surface area contributed by atoms with Crippen LogP contribution in [0.5, 0.6) is 11.5 Å². The van der Waals surface area contributed by atoms with Crippen LogP contribution in [0, 0.1) is 0 Å². The summed E-state index contributed by atoms with van der Waals surface area (Å²) in [5.74, 6) is -0.149. The average Bonchev–Trinajstić information content (AvgIpc) is 2.48. The summed E-state index contributed by atoms with van der Waals surface area (Å²) in [5.41, 5.74) is 3.16. The molecule has 2 heteroatoms. The molecule has 102 valence electrons. The highest BCUT2D eigenvalue weighted by Crippen LogP contribution is 2.41. The summed E-state index contributed by atoms with van der Waals surface area (Å²) in [6, 6.07) is 11.4. The molecule has 0 heterocycles. The monoisotopic (exact) mass is 266 g/mol. The third-order valence-electron chi connectivity index (χ3n) is 3.27. The molecule has 0 saturated heterocycles. The van der Waals surface area contributed by atoms with E-state index >= 15 is 0 Å². The lowest BCUT2D eigenvalue weighted by atomic mass is 9.93. The smallest absolute Gasteiger partial charge is 0.165 e. The van der Waals surface area contributed by atoms with E-state index in [4.69, 9.17) is 0 Å². The number of allylic oxidation sites excluding steroid dienone is 2. The standard InChI is InChI=1S/C18H18O2/c1-3-8-14-12-16(13-10-6-5-7-11-13)18(20)17(19)15(14)9-4-2/h3-7,10-12,19-20H,1-2,8-9H2. The molecule has 0 atom stereocenters. The number of benzene rings is 2.